The second-order valence-electron chi connectivity index (χ2n) is 5.36. The van der Waals surface area contributed by atoms with Gasteiger partial charge in [-0.05, 0) is 37.3 Å². The molecule has 0 aliphatic heterocycles. The van der Waals surface area contributed by atoms with Gasteiger partial charge in [0, 0.05) is 21.9 Å². The summed E-state index contributed by atoms with van der Waals surface area (Å²) in [6.45, 7) is 0. The molecule has 7 heteroatoms. The molecule has 0 radical (unpaired) electrons. The summed E-state index contributed by atoms with van der Waals surface area (Å²) in [6, 6.07) is 7.70. The van der Waals surface area contributed by atoms with Crippen LogP contribution in [0.15, 0.2) is 34.5 Å². The van der Waals surface area contributed by atoms with Crippen molar-refractivity contribution in [2.75, 3.05) is 16.9 Å². The molecule has 1 aromatic heterocycles. The van der Waals surface area contributed by atoms with Crippen molar-refractivity contribution in [3.8, 4) is 0 Å². The van der Waals surface area contributed by atoms with Gasteiger partial charge in [0.1, 0.15) is 0 Å². The van der Waals surface area contributed by atoms with Crippen molar-refractivity contribution in [2.45, 2.75) is 24.2 Å². The van der Waals surface area contributed by atoms with Gasteiger partial charge in [0.05, 0.1) is 12.1 Å². The highest BCUT2D eigenvalue weighted by Crippen LogP contribution is 2.30. The average molecular weight is 347 g/mol. The number of carbonyl (C=O) groups excluding carboxylic acids is 2. The molecule has 5 nitrogen and oxygen atoms in total. The van der Waals surface area contributed by atoms with Crippen LogP contribution in [-0.2, 0) is 16.0 Å². The molecular weight excluding hydrogens is 330 g/mol. The van der Waals surface area contributed by atoms with Gasteiger partial charge in [-0.2, -0.15) is 0 Å². The molecule has 2 N–H and O–H groups in total. The van der Waals surface area contributed by atoms with Crippen molar-refractivity contribution in [2.24, 2.45) is 5.92 Å². The molecule has 0 spiro atoms. The van der Waals surface area contributed by atoms with Gasteiger partial charge in [-0.25, -0.2) is 4.98 Å². The molecule has 2 aromatic rings. The number of rotatable bonds is 6. The van der Waals surface area contributed by atoms with Crippen molar-refractivity contribution in [3.63, 3.8) is 0 Å². The third kappa shape index (κ3) is 4.56. The Balaban J connectivity index is 1.55. The van der Waals surface area contributed by atoms with Crippen molar-refractivity contribution in [1.29, 1.82) is 0 Å². The van der Waals surface area contributed by atoms with Gasteiger partial charge in [-0.15, -0.1) is 23.1 Å². The second-order valence-corrected chi connectivity index (χ2v) is 7.10. The van der Waals surface area contributed by atoms with Gasteiger partial charge in [0.15, 0.2) is 5.13 Å². The largest absolute Gasteiger partial charge is 0.326 e. The van der Waals surface area contributed by atoms with Crippen LogP contribution in [0.25, 0.3) is 0 Å². The molecule has 1 aliphatic rings. The fraction of sp³-hybridized carbons (Fsp3) is 0.312. The Kier molecular flexibility index (Phi) is 4.97. The first-order valence-corrected chi connectivity index (χ1v) is 9.43. The zero-order chi connectivity index (χ0) is 16.2. The van der Waals surface area contributed by atoms with Crippen molar-refractivity contribution in [1.82, 2.24) is 4.98 Å². The number of nitrogens with zero attached hydrogens (tertiary/aromatic N) is 1. The van der Waals surface area contributed by atoms with E-state index in [-0.39, 0.29) is 24.2 Å². The SMILES string of the molecule is CSc1cccc(NC(=O)Cc2csc(NC(=O)C3CC3)n2)c1. The van der Waals surface area contributed by atoms with E-state index in [9.17, 15) is 9.59 Å². The third-order valence-electron chi connectivity index (χ3n) is 3.43. The van der Waals surface area contributed by atoms with Gasteiger partial charge in [-0.3, -0.25) is 9.59 Å². The van der Waals surface area contributed by atoms with Crippen LogP contribution in [0.4, 0.5) is 10.8 Å². The number of amides is 2. The molecule has 3 rings (SSSR count). The minimum absolute atomic E-state index is 0.0317. The fourth-order valence-electron chi connectivity index (χ4n) is 2.07. The van der Waals surface area contributed by atoms with Gasteiger partial charge in [-0.1, -0.05) is 6.07 Å². The minimum Gasteiger partial charge on any atom is -0.326 e. The van der Waals surface area contributed by atoms with E-state index < -0.39 is 0 Å². The zero-order valence-electron chi connectivity index (χ0n) is 12.7. The summed E-state index contributed by atoms with van der Waals surface area (Å²) in [5.41, 5.74) is 1.44. The van der Waals surface area contributed by atoms with Crippen molar-refractivity contribution >= 4 is 45.7 Å². The summed E-state index contributed by atoms with van der Waals surface area (Å²) in [5, 5.41) is 8.03. The second kappa shape index (κ2) is 7.14. The van der Waals surface area contributed by atoms with Crippen LogP contribution in [0.5, 0.6) is 0 Å². The zero-order valence-corrected chi connectivity index (χ0v) is 14.3. The lowest BCUT2D eigenvalue weighted by Gasteiger charge is -2.05. The molecular formula is C16H17N3O2S2. The Morgan fingerprint density at radius 3 is 2.91 bits per heavy atom. The van der Waals surface area contributed by atoms with Gasteiger partial charge >= 0.3 is 0 Å². The van der Waals surface area contributed by atoms with Crippen LogP contribution in [-0.4, -0.2) is 23.1 Å². The standard InChI is InChI=1S/C16H17N3O2S2/c1-22-13-4-2-3-11(7-13)17-14(20)8-12-9-23-16(18-12)19-15(21)10-5-6-10/h2-4,7,9-10H,5-6,8H2,1H3,(H,17,20)(H,18,19,21). The number of carbonyl (C=O) groups is 2. The molecule has 1 fully saturated rings. The summed E-state index contributed by atoms with van der Waals surface area (Å²) in [5.74, 6) is 0.0622. The summed E-state index contributed by atoms with van der Waals surface area (Å²) in [4.78, 5) is 29.2. The minimum atomic E-state index is -0.117. The van der Waals surface area contributed by atoms with Crippen LogP contribution in [0, 0.1) is 5.92 Å². The van der Waals surface area contributed by atoms with Crippen molar-refractivity contribution in [3.05, 3.63) is 35.3 Å². The number of hydrogen-bond donors (Lipinski definition) is 2. The van der Waals surface area contributed by atoms with E-state index in [1.807, 2.05) is 30.5 Å². The smallest absolute Gasteiger partial charge is 0.230 e. The van der Waals surface area contributed by atoms with Crippen LogP contribution in [0.1, 0.15) is 18.5 Å². The Morgan fingerprint density at radius 1 is 1.35 bits per heavy atom. The van der Waals surface area contributed by atoms with E-state index in [0.717, 1.165) is 23.4 Å². The quantitative estimate of drug-likeness (QED) is 0.786. The lowest BCUT2D eigenvalue weighted by molar-refractivity contribution is -0.117. The highest BCUT2D eigenvalue weighted by Gasteiger charge is 2.30. The highest BCUT2D eigenvalue weighted by atomic mass is 32.2. The van der Waals surface area contributed by atoms with Crippen LogP contribution < -0.4 is 10.6 Å². The molecule has 0 unspecified atom stereocenters. The monoisotopic (exact) mass is 347 g/mol. The number of thioether (sulfide) groups is 1. The van der Waals surface area contributed by atoms with Gasteiger partial charge in [0.25, 0.3) is 0 Å². The number of hydrogen-bond acceptors (Lipinski definition) is 5. The van der Waals surface area contributed by atoms with E-state index in [2.05, 4.69) is 15.6 Å². The third-order valence-corrected chi connectivity index (χ3v) is 4.96. The number of thiazole rings is 1. The Bertz CT molecular complexity index is 726. The number of nitrogens with one attached hydrogen (secondary N) is 2. The first-order chi connectivity index (χ1) is 11.1. The normalized spacial score (nSPS) is 13.6. The first kappa shape index (κ1) is 16.0. The molecule has 1 aromatic carbocycles. The Hall–Kier alpha value is -1.86. The summed E-state index contributed by atoms with van der Waals surface area (Å²) in [7, 11) is 0. The summed E-state index contributed by atoms with van der Waals surface area (Å²) >= 11 is 2.98. The molecule has 0 bridgehead atoms. The van der Waals surface area contributed by atoms with E-state index >= 15 is 0 Å². The lowest BCUT2D eigenvalue weighted by atomic mass is 10.3. The highest BCUT2D eigenvalue weighted by molar-refractivity contribution is 7.98. The maximum absolute atomic E-state index is 12.1. The van der Waals surface area contributed by atoms with Crippen LogP contribution in [0.2, 0.25) is 0 Å². The Morgan fingerprint density at radius 2 is 2.17 bits per heavy atom. The number of anilines is 2. The lowest BCUT2D eigenvalue weighted by Crippen LogP contribution is -2.15. The van der Waals surface area contributed by atoms with Gasteiger partial charge < -0.3 is 10.6 Å². The summed E-state index contributed by atoms with van der Waals surface area (Å²) in [6.07, 6.45) is 4.11. The molecule has 1 heterocycles. The fourth-order valence-corrected chi connectivity index (χ4v) is 3.24. The average Bonchev–Trinajstić information content (AvgIpc) is 3.30. The predicted octanol–water partition coefficient (Wildman–Crippen LogP) is 3.39. The molecule has 0 saturated heterocycles. The molecule has 120 valence electrons. The molecule has 1 aliphatic carbocycles. The maximum atomic E-state index is 12.1. The maximum Gasteiger partial charge on any atom is 0.230 e. The van der Waals surface area contributed by atoms with E-state index in [4.69, 9.17) is 0 Å². The first-order valence-electron chi connectivity index (χ1n) is 7.33. The molecule has 1 saturated carbocycles. The van der Waals surface area contributed by atoms with E-state index in [1.54, 1.807) is 17.1 Å². The van der Waals surface area contributed by atoms with Crippen LogP contribution >= 0.6 is 23.1 Å². The number of aromatic nitrogens is 1. The Labute approximate surface area is 142 Å². The van der Waals surface area contributed by atoms with E-state index in [1.165, 1.54) is 11.3 Å². The summed E-state index contributed by atoms with van der Waals surface area (Å²) < 4.78 is 0. The van der Waals surface area contributed by atoms with Crippen LogP contribution in [0.3, 0.4) is 0 Å². The topological polar surface area (TPSA) is 71.1 Å². The van der Waals surface area contributed by atoms with Crippen molar-refractivity contribution < 1.29 is 9.59 Å². The predicted molar refractivity (Wildman–Crippen MR) is 94.0 cm³/mol. The molecule has 23 heavy (non-hydrogen) atoms. The molecule has 2 amide bonds. The van der Waals surface area contributed by atoms with E-state index in [0.29, 0.717) is 10.8 Å². The number of benzene rings is 1. The molecule has 0 atom stereocenters. The van der Waals surface area contributed by atoms with Gasteiger partial charge in [0.2, 0.25) is 11.8 Å².